The topological polar surface area (TPSA) is 102 Å². The molecule has 5 aromatic rings. The number of phenolic OH excluding ortho intramolecular Hbond substituents is 1. The van der Waals surface area contributed by atoms with E-state index in [9.17, 15) is 15.2 Å². The summed E-state index contributed by atoms with van der Waals surface area (Å²) in [6.45, 7) is 0. The Morgan fingerprint density at radius 3 is 2.64 bits per heavy atom. The Balaban J connectivity index is 1.48. The number of benzene rings is 4. The second kappa shape index (κ2) is 9.93. The summed E-state index contributed by atoms with van der Waals surface area (Å²) in [5.41, 5.74) is 3.85. The molecule has 9 heteroatoms. The van der Waals surface area contributed by atoms with Crippen LogP contribution in [0.25, 0.3) is 22.6 Å². The molecule has 1 heterocycles. The highest BCUT2D eigenvalue weighted by atomic mass is 79.9. The van der Waals surface area contributed by atoms with Gasteiger partial charge in [0.15, 0.2) is 5.58 Å². The molecule has 0 aliphatic carbocycles. The maximum atomic E-state index is 11.6. The average molecular weight is 563 g/mol. The van der Waals surface area contributed by atoms with Crippen molar-refractivity contribution in [1.29, 1.82) is 0 Å². The van der Waals surface area contributed by atoms with E-state index in [0.717, 1.165) is 15.6 Å². The molecule has 1 N–H and O–H groups in total. The van der Waals surface area contributed by atoms with Crippen molar-refractivity contribution in [1.82, 2.24) is 4.98 Å². The lowest BCUT2D eigenvalue weighted by Crippen LogP contribution is -1.97. The molecule has 0 unspecified atom stereocenters. The fraction of sp³-hybridized carbons (Fsp3) is 0.0370. The number of aliphatic imine (C=N–C) groups is 1. The average Bonchev–Trinajstić information content (AvgIpc) is 3.29. The number of aromatic nitrogens is 1. The number of rotatable bonds is 6. The maximum absolute atomic E-state index is 11.6. The van der Waals surface area contributed by atoms with Gasteiger partial charge in [0, 0.05) is 27.3 Å². The van der Waals surface area contributed by atoms with E-state index in [0.29, 0.717) is 39.7 Å². The van der Waals surface area contributed by atoms with Gasteiger partial charge in [0.25, 0.3) is 0 Å². The molecule has 178 valence electrons. The van der Waals surface area contributed by atoms with Crippen LogP contribution >= 0.6 is 27.5 Å². The van der Waals surface area contributed by atoms with Crippen LogP contribution in [0.1, 0.15) is 16.7 Å². The third-order valence-electron chi connectivity index (χ3n) is 5.56. The number of aromatic hydroxyl groups is 1. The lowest BCUT2D eigenvalue weighted by atomic mass is 10.0. The Morgan fingerprint density at radius 1 is 1.08 bits per heavy atom. The lowest BCUT2D eigenvalue weighted by molar-refractivity contribution is -0.385. The van der Waals surface area contributed by atoms with Crippen molar-refractivity contribution in [2.75, 3.05) is 0 Å². The van der Waals surface area contributed by atoms with Crippen LogP contribution in [-0.2, 0) is 6.42 Å². The number of oxazole rings is 1. The molecule has 0 fully saturated rings. The molecule has 0 bridgehead atoms. The first-order chi connectivity index (χ1) is 17.4. The van der Waals surface area contributed by atoms with Crippen LogP contribution in [0.2, 0.25) is 5.02 Å². The van der Waals surface area contributed by atoms with Gasteiger partial charge in [0.2, 0.25) is 11.6 Å². The number of halogens is 2. The van der Waals surface area contributed by atoms with E-state index in [-0.39, 0.29) is 5.56 Å². The zero-order valence-electron chi connectivity index (χ0n) is 18.6. The summed E-state index contributed by atoms with van der Waals surface area (Å²) < 4.78 is 6.74. The van der Waals surface area contributed by atoms with E-state index in [1.807, 2.05) is 42.5 Å². The number of nitro groups is 1. The van der Waals surface area contributed by atoms with Gasteiger partial charge in [-0.3, -0.25) is 15.1 Å². The van der Waals surface area contributed by atoms with Crippen LogP contribution in [0.3, 0.4) is 0 Å². The molecule has 0 amide bonds. The van der Waals surface area contributed by atoms with E-state index in [1.54, 1.807) is 30.3 Å². The van der Waals surface area contributed by atoms with E-state index >= 15 is 0 Å². The van der Waals surface area contributed by atoms with Crippen LogP contribution < -0.4 is 0 Å². The molecule has 4 aromatic carbocycles. The summed E-state index contributed by atoms with van der Waals surface area (Å²) in [6.07, 6.45) is 1.76. The van der Waals surface area contributed by atoms with Crippen LogP contribution in [0.5, 0.6) is 5.75 Å². The molecule has 0 saturated carbocycles. The van der Waals surface area contributed by atoms with Gasteiger partial charge in [-0.05, 0) is 75.9 Å². The molecule has 1 aromatic heterocycles. The van der Waals surface area contributed by atoms with Gasteiger partial charge in [-0.2, -0.15) is 0 Å². The van der Waals surface area contributed by atoms with E-state index < -0.39 is 16.4 Å². The highest BCUT2D eigenvalue weighted by molar-refractivity contribution is 9.10. The molecule has 0 radical (unpaired) electrons. The van der Waals surface area contributed by atoms with Crippen molar-refractivity contribution in [3.05, 3.63) is 115 Å². The fourth-order valence-corrected chi connectivity index (χ4v) is 4.45. The summed E-state index contributed by atoms with van der Waals surface area (Å²) in [4.78, 5) is 19.9. The monoisotopic (exact) mass is 561 g/mol. The minimum Gasteiger partial charge on any atom is -0.502 e. The molecular weight excluding hydrogens is 546 g/mol. The van der Waals surface area contributed by atoms with E-state index in [4.69, 9.17) is 16.0 Å². The Morgan fingerprint density at radius 2 is 1.86 bits per heavy atom. The summed E-state index contributed by atoms with van der Waals surface area (Å²) in [7, 11) is 0. The molecule has 0 saturated heterocycles. The predicted molar refractivity (Wildman–Crippen MR) is 143 cm³/mol. The number of phenols is 1. The van der Waals surface area contributed by atoms with Crippen molar-refractivity contribution in [3.63, 3.8) is 0 Å². The zero-order valence-corrected chi connectivity index (χ0v) is 20.9. The number of hydrogen-bond acceptors (Lipinski definition) is 6. The van der Waals surface area contributed by atoms with Crippen LogP contribution in [-0.4, -0.2) is 21.2 Å². The first-order valence-electron chi connectivity index (χ1n) is 10.8. The van der Waals surface area contributed by atoms with Crippen LogP contribution in [0, 0.1) is 10.1 Å². The number of hydrogen-bond donors (Lipinski definition) is 1. The zero-order chi connectivity index (χ0) is 25.2. The first-order valence-corrected chi connectivity index (χ1v) is 12.0. The number of nitrogens with zero attached hydrogens (tertiary/aromatic N) is 3. The molecule has 7 nitrogen and oxygen atoms in total. The highest BCUT2D eigenvalue weighted by Crippen LogP contribution is 2.34. The van der Waals surface area contributed by atoms with Gasteiger partial charge in [-0.1, -0.05) is 41.9 Å². The summed E-state index contributed by atoms with van der Waals surface area (Å²) >= 11 is 9.77. The molecule has 0 aliphatic rings. The SMILES string of the molecule is O=[N+]([O-])c1cc(Cc2ccccc2Cl)cc(C=Nc2ccc3oc(-c4ccccc4Br)nc3c2)c1O. The van der Waals surface area contributed by atoms with Gasteiger partial charge in [-0.15, -0.1) is 0 Å². The normalized spacial score (nSPS) is 11.4. The summed E-state index contributed by atoms with van der Waals surface area (Å²) in [6, 6.07) is 23.1. The second-order valence-electron chi connectivity index (χ2n) is 7.99. The molecule has 0 aliphatic heterocycles. The number of fused-ring (bicyclic) bond motifs is 1. The van der Waals surface area contributed by atoms with Crippen LogP contribution in [0.4, 0.5) is 11.4 Å². The van der Waals surface area contributed by atoms with E-state index in [1.165, 1.54) is 12.3 Å². The summed E-state index contributed by atoms with van der Waals surface area (Å²) in [5, 5.41) is 22.6. The molecule has 36 heavy (non-hydrogen) atoms. The molecule has 0 atom stereocenters. The van der Waals surface area contributed by atoms with Gasteiger partial charge in [0.1, 0.15) is 5.52 Å². The molecular formula is C27H17BrClN3O4. The van der Waals surface area contributed by atoms with Gasteiger partial charge in [-0.25, -0.2) is 4.98 Å². The molecule has 5 rings (SSSR count). The largest absolute Gasteiger partial charge is 0.502 e. The quantitative estimate of drug-likeness (QED) is 0.129. The van der Waals surface area contributed by atoms with Crippen molar-refractivity contribution in [2.24, 2.45) is 4.99 Å². The Bertz CT molecular complexity index is 1650. The predicted octanol–water partition coefficient (Wildman–Crippen LogP) is 7.87. The van der Waals surface area contributed by atoms with Gasteiger partial charge >= 0.3 is 5.69 Å². The maximum Gasteiger partial charge on any atom is 0.311 e. The first kappa shape index (κ1) is 23.7. The third-order valence-corrected chi connectivity index (χ3v) is 6.62. The second-order valence-corrected chi connectivity index (χ2v) is 9.25. The fourth-order valence-electron chi connectivity index (χ4n) is 3.79. The van der Waals surface area contributed by atoms with Crippen molar-refractivity contribution < 1.29 is 14.4 Å². The minimum atomic E-state index is -0.618. The third kappa shape index (κ3) is 4.86. The summed E-state index contributed by atoms with van der Waals surface area (Å²) in [5.74, 6) is 0.0181. The number of nitro benzene ring substituents is 1. The Labute approximate surface area is 219 Å². The highest BCUT2D eigenvalue weighted by Gasteiger charge is 2.19. The van der Waals surface area contributed by atoms with Crippen molar-refractivity contribution in [2.45, 2.75) is 6.42 Å². The minimum absolute atomic E-state index is 0.223. The van der Waals surface area contributed by atoms with E-state index in [2.05, 4.69) is 25.9 Å². The smallest absolute Gasteiger partial charge is 0.311 e. The lowest BCUT2D eigenvalue weighted by Gasteiger charge is -2.07. The van der Waals surface area contributed by atoms with Gasteiger partial charge < -0.3 is 9.52 Å². The van der Waals surface area contributed by atoms with Crippen molar-refractivity contribution in [3.8, 4) is 17.2 Å². The van der Waals surface area contributed by atoms with Crippen molar-refractivity contribution >= 4 is 56.2 Å². The van der Waals surface area contributed by atoms with Crippen LogP contribution in [0.15, 0.2) is 92.7 Å². The Hall–Kier alpha value is -4.01. The molecule has 0 spiro atoms. The Kier molecular flexibility index (Phi) is 6.54. The van der Waals surface area contributed by atoms with Gasteiger partial charge in [0.05, 0.1) is 16.2 Å². The standard InChI is InChI=1S/C27H17BrClN3O4/c28-21-7-3-2-6-20(21)27-31-23-14-19(9-10-25(23)36-27)30-15-18-12-16(13-24(26(18)33)32(34)35)11-17-5-1-4-8-22(17)29/h1-10,12-15,33H,11H2.